The monoisotopic (exact) mass is 535 g/mol. The van der Waals surface area contributed by atoms with E-state index in [1.165, 1.54) is 6.42 Å². The number of rotatable bonds is 7. The largest absolute Gasteiger partial charge is 0.495 e. The van der Waals surface area contributed by atoms with Crippen molar-refractivity contribution in [2.24, 2.45) is 11.8 Å². The van der Waals surface area contributed by atoms with E-state index in [4.69, 9.17) is 9.72 Å². The van der Waals surface area contributed by atoms with Crippen molar-refractivity contribution >= 4 is 35.0 Å². The van der Waals surface area contributed by atoms with Crippen molar-refractivity contribution in [3.05, 3.63) is 30.0 Å². The number of hydrogen-bond acceptors (Lipinski definition) is 8. The fraction of sp³-hybridized carbons (Fsp3) is 0.586. The van der Waals surface area contributed by atoms with Crippen molar-refractivity contribution < 1.29 is 14.3 Å². The molecule has 0 spiro atoms. The van der Waals surface area contributed by atoms with E-state index in [1.807, 2.05) is 13.0 Å². The quantitative estimate of drug-likeness (QED) is 0.554. The van der Waals surface area contributed by atoms with Gasteiger partial charge in [-0.05, 0) is 83.2 Å². The molecule has 2 aromatic rings. The van der Waals surface area contributed by atoms with E-state index >= 15 is 0 Å². The Bertz CT molecular complexity index is 1240. The number of benzene rings is 1. The summed E-state index contributed by atoms with van der Waals surface area (Å²) >= 11 is 0. The van der Waals surface area contributed by atoms with Gasteiger partial charge in [-0.25, -0.2) is 4.98 Å². The molecule has 39 heavy (non-hydrogen) atoms. The Morgan fingerprint density at radius 1 is 1.21 bits per heavy atom. The Balaban J connectivity index is 1.32. The van der Waals surface area contributed by atoms with Crippen LogP contribution in [0.1, 0.15) is 56.8 Å². The molecule has 4 atom stereocenters. The van der Waals surface area contributed by atoms with Gasteiger partial charge in [-0.15, -0.1) is 0 Å². The van der Waals surface area contributed by atoms with Gasteiger partial charge in [0.25, 0.3) is 5.91 Å². The molecule has 10 nitrogen and oxygen atoms in total. The molecule has 0 unspecified atom stereocenters. The first-order chi connectivity index (χ1) is 18.7. The van der Waals surface area contributed by atoms with Crippen LogP contribution in [-0.2, 0) is 4.79 Å². The van der Waals surface area contributed by atoms with Gasteiger partial charge in [0.1, 0.15) is 17.5 Å². The van der Waals surface area contributed by atoms with Crippen LogP contribution in [0.2, 0.25) is 0 Å². The summed E-state index contributed by atoms with van der Waals surface area (Å²) < 4.78 is 5.64. The van der Waals surface area contributed by atoms with Crippen LogP contribution < -0.4 is 25.2 Å². The van der Waals surface area contributed by atoms with Crippen LogP contribution in [0.4, 0.5) is 23.1 Å². The van der Waals surface area contributed by atoms with E-state index in [0.29, 0.717) is 46.9 Å². The van der Waals surface area contributed by atoms with Crippen molar-refractivity contribution in [3.63, 3.8) is 0 Å². The van der Waals surface area contributed by atoms with E-state index in [1.54, 1.807) is 37.4 Å². The van der Waals surface area contributed by atoms with Crippen molar-refractivity contribution in [1.82, 2.24) is 20.2 Å². The number of piperidine rings is 1. The average Bonchev–Trinajstić information content (AvgIpc) is 3.31. The molecule has 1 aromatic carbocycles. The highest BCUT2D eigenvalue weighted by atomic mass is 16.5. The first-order valence-corrected chi connectivity index (χ1v) is 14.1. The first-order valence-electron chi connectivity index (χ1n) is 14.1. The maximum Gasteiger partial charge on any atom is 0.251 e. The standard InChI is InChI=1S/C29H41N7O3/c1-7-23-28(38)35(5)24-15-30-29(33-26(24)36(23)17(2)3)32-22-9-8-19(14-25(22)39-6)27(37)31-21-12-18-10-11-34(4)16-20(18)13-21/h8-9,14-15,17-18,20-21,23H,7,10-13,16H2,1-6H3,(H,31,37)(H,30,32,33)/t18-,20-,21-,23-/m1/s1. The van der Waals surface area contributed by atoms with E-state index in [9.17, 15) is 9.59 Å². The highest BCUT2D eigenvalue weighted by Gasteiger charge is 2.39. The predicted molar refractivity (Wildman–Crippen MR) is 153 cm³/mol. The van der Waals surface area contributed by atoms with Crippen LogP contribution >= 0.6 is 0 Å². The summed E-state index contributed by atoms with van der Waals surface area (Å²) in [6.45, 7) is 8.40. The van der Waals surface area contributed by atoms with Crippen LogP contribution in [0.15, 0.2) is 24.4 Å². The number of nitrogens with zero attached hydrogens (tertiary/aromatic N) is 5. The second-order valence-corrected chi connectivity index (χ2v) is 11.5. The van der Waals surface area contributed by atoms with Crippen molar-refractivity contribution in [3.8, 4) is 5.75 Å². The van der Waals surface area contributed by atoms with Crippen LogP contribution in [0.5, 0.6) is 5.75 Å². The molecule has 1 aromatic heterocycles. The summed E-state index contributed by atoms with van der Waals surface area (Å²) in [7, 11) is 5.53. The minimum Gasteiger partial charge on any atom is -0.495 e. The Morgan fingerprint density at radius 2 is 1.97 bits per heavy atom. The third-order valence-electron chi connectivity index (χ3n) is 8.56. The maximum atomic E-state index is 13.1. The molecular formula is C29H41N7O3. The Kier molecular flexibility index (Phi) is 7.66. The molecule has 2 N–H and O–H groups in total. The van der Waals surface area contributed by atoms with Crippen molar-refractivity contribution in [2.75, 3.05) is 49.4 Å². The molecule has 3 aliphatic rings. The minimum absolute atomic E-state index is 0.0437. The van der Waals surface area contributed by atoms with Crippen LogP contribution in [0.25, 0.3) is 0 Å². The number of likely N-dealkylation sites (tertiary alicyclic amines) is 1. The molecule has 1 aliphatic carbocycles. The first kappa shape index (κ1) is 27.2. The zero-order chi connectivity index (χ0) is 27.8. The van der Waals surface area contributed by atoms with E-state index < -0.39 is 0 Å². The number of likely N-dealkylation sites (N-methyl/N-ethyl adjacent to an activating group) is 1. The maximum absolute atomic E-state index is 13.1. The second-order valence-electron chi connectivity index (χ2n) is 11.5. The fourth-order valence-corrected chi connectivity index (χ4v) is 6.55. The Hall–Kier alpha value is -3.40. The zero-order valence-corrected chi connectivity index (χ0v) is 23.9. The number of ether oxygens (including phenoxy) is 1. The van der Waals surface area contributed by atoms with Gasteiger partial charge >= 0.3 is 0 Å². The summed E-state index contributed by atoms with van der Waals surface area (Å²) in [5, 5.41) is 6.51. The molecule has 0 bridgehead atoms. The molecule has 1 saturated carbocycles. The number of anilines is 4. The van der Waals surface area contributed by atoms with Gasteiger partial charge in [-0.2, -0.15) is 4.98 Å². The van der Waals surface area contributed by atoms with Crippen molar-refractivity contribution in [2.45, 2.75) is 64.6 Å². The van der Waals surface area contributed by atoms with Gasteiger partial charge in [0.05, 0.1) is 19.0 Å². The highest BCUT2D eigenvalue weighted by molar-refractivity contribution is 6.04. The summed E-state index contributed by atoms with van der Waals surface area (Å²) in [4.78, 5) is 41.4. The van der Waals surface area contributed by atoms with Gasteiger partial charge in [0, 0.05) is 31.2 Å². The zero-order valence-electron chi connectivity index (χ0n) is 23.9. The number of aromatic nitrogens is 2. The minimum atomic E-state index is -0.276. The van der Waals surface area contributed by atoms with Crippen molar-refractivity contribution in [1.29, 1.82) is 0 Å². The lowest BCUT2D eigenvalue weighted by Crippen LogP contribution is -2.54. The van der Waals surface area contributed by atoms with Crippen LogP contribution in [0.3, 0.4) is 0 Å². The summed E-state index contributed by atoms with van der Waals surface area (Å²) in [6, 6.07) is 5.41. The van der Waals surface area contributed by atoms with Gasteiger partial charge in [0.15, 0.2) is 5.82 Å². The Morgan fingerprint density at radius 3 is 2.69 bits per heavy atom. The normalized spacial score (nSPS) is 24.9. The lowest BCUT2D eigenvalue weighted by molar-refractivity contribution is -0.120. The third-order valence-corrected chi connectivity index (χ3v) is 8.56. The molecule has 5 rings (SSSR count). The lowest BCUT2D eigenvalue weighted by Gasteiger charge is -2.42. The highest BCUT2D eigenvalue weighted by Crippen LogP contribution is 2.39. The summed E-state index contributed by atoms with van der Waals surface area (Å²) in [5.74, 6) is 2.99. The molecule has 3 heterocycles. The van der Waals surface area contributed by atoms with Gasteiger partial charge in [-0.1, -0.05) is 6.92 Å². The number of nitrogens with one attached hydrogen (secondary N) is 2. The molecule has 10 heteroatoms. The van der Waals surface area contributed by atoms with Crippen LogP contribution in [0, 0.1) is 11.8 Å². The number of fused-ring (bicyclic) bond motifs is 2. The smallest absolute Gasteiger partial charge is 0.251 e. The topological polar surface area (TPSA) is 103 Å². The second kappa shape index (κ2) is 11.0. The fourth-order valence-electron chi connectivity index (χ4n) is 6.55. The van der Waals surface area contributed by atoms with E-state index in [2.05, 4.69) is 46.3 Å². The number of carbonyl (C=O) groups is 2. The Labute approximate surface area is 231 Å². The molecule has 210 valence electrons. The van der Waals surface area contributed by atoms with Gasteiger partial charge < -0.3 is 30.1 Å². The van der Waals surface area contributed by atoms with Crippen LogP contribution in [-0.4, -0.2) is 79.1 Å². The number of carbonyl (C=O) groups excluding carboxylic acids is 2. The molecule has 1 saturated heterocycles. The summed E-state index contributed by atoms with van der Waals surface area (Å²) in [5.41, 5.74) is 1.90. The molecule has 2 fully saturated rings. The van der Waals surface area contributed by atoms with E-state index in [-0.39, 0.29) is 29.9 Å². The molecule has 2 amide bonds. The predicted octanol–water partition coefficient (Wildman–Crippen LogP) is 3.66. The number of hydrogen-bond donors (Lipinski definition) is 2. The number of methoxy groups -OCH3 is 1. The summed E-state index contributed by atoms with van der Waals surface area (Å²) in [6.07, 6.45) is 5.68. The third kappa shape index (κ3) is 5.26. The van der Waals surface area contributed by atoms with Gasteiger partial charge in [0.2, 0.25) is 11.9 Å². The van der Waals surface area contributed by atoms with Gasteiger partial charge in [-0.3, -0.25) is 9.59 Å². The molecule has 0 radical (unpaired) electrons. The lowest BCUT2D eigenvalue weighted by atomic mass is 9.89. The SMILES string of the molecule is CC[C@@H]1C(=O)N(C)c2cnc(Nc3ccc(C(=O)N[C@@H]4C[C@H]5CCN(C)C[C@H]5C4)cc3OC)nc2N1C(C)C. The number of amides is 2. The average molecular weight is 536 g/mol. The van der Waals surface area contributed by atoms with E-state index in [0.717, 1.165) is 31.7 Å². The molecule has 2 aliphatic heterocycles. The molecular weight excluding hydrogens is 494 g/mol.